The van der Waals surface area contributed by atoms with Gasteiger partial charge in [0.15, 0.2) is 11.5 Å². The molecule has 0 radical (unpaired) electrons. The fraction of sp³-hybridized carbons (Fsp3) is 0.348. The van der Waals surface area contributed by atoms with Gasteiger partial charge in [-0.25, -0.2) is 0 Å². The lowest BCUT2D eigenvalue weighted by Crippen LogP contribution is -2.27. The van der Waals surface area contributed by atoms with Gasteiger partial charge in [-0.05, 0) is 60.4 Å². The Hall–Kier alpha value is -2.99. The van der Waals surface area contributed by atoms with Crippen molar-refractivity contribution in [2.45, 2.75) is 25.4 Å². The van der Waals surface area contributed by atoms with E-state index in [0.717, 1.165) is 41.6 Å². The van der Waals surface area contributed by atoms with Crippen LogP contribution in [0.15, 0.2) is 42.6 Å². The van der Waals surface area contributed by atoms with Crippen LogP contribution in [0.25, 0.3) is 10.9 Å². The summed E-state index contributed by atoms with van der Waals surface area (Å²) < 4.78 is 18.1. The minimum atomic E-state index is -0.0656. The van der Waals surface area contributed by atoms with Gasteiger partial charge in [0, 0.05) is 36.3 Å². The van der Waals surface area contributed by atoms with Crippen molar-refractivity contribution < 1.29 is 19.0 Å². The van der Waals surface area contributed by atoms with Gasteiger partial charge in [-0.15, -0.1) is 0 Å². The molecule has 6 heteroatoms. The monoisotopic (exact) mass is 394 g/mol. The Bertz CT molecular complexity index is 1040. The predicted molar refractivity (Wildman–Crippen MR) is 112 cm³/mol. The molecular formula is C23H26N2O4. The Morgan fingerprint density at radius 1 is 1.10 bits per heavy atom. The molecule has 1 atom stereocenters. The summed E-state index contributed by atoms with van der Waals surface area (Å²) in [6.07, 6.45) is 3.80. The van der Waals surface area contributed by atoms with Gasteiger partial charge in [0.2, 0.25) is 0 Å². The Morgan fingerprint density at radius 2 is 1.90 bits per heavy atom. The predicted octanol–water partition coefficient (Wildman–Crippen LogP) is 3.72. The standard InChI is InChI=1S/C23H26N2O4/c1-27-11-10-25-9-8-16-12-17(5-7-20(16)25)23(26)24-19-6-4-15-13-21(28-2)22(29-3)14-18(15)19/h5,7-9,12-14,19H,4,6,10-11H2,1-3H3,(H,24,26)/t19-/m1/s1. The first-order valence-electron chi connectivity index (χ1n) is 9.78. The molecule has 2 aromatic carbocycles. The Kier molecular flexibility index (Phi) is 5.45. The van der Waals surface area contributed by atoms with Crippen LogP contribution in [0.5, 0.6) is 11.5 Å². The zero-order valence-electron chi connectivity index (χ0n) is 17.0. The molecule has 0 fully saturated rings. The van der Waals surface area contributed by atoms with Gasteiger partial charge in [-0.1, -0.05) is 0 Å². The summed E-state index contributed by atoms with van der Waals surface area (Å²) >= 11 is 0. The van der Waals surface area contributed by atoms with Gasteiger partial charge in [-0.3, -0.25) is 4.79 Å². The highest BCUT2D eigenvalue weighted by molar-refractivity contribution is 5.98. The maximum absolute atomic E-state index is 12.9. The third-order valence-corrected chi connectivity index (χ3v) is 5.60. The molecule has 1 aromatic heterocycles. The van der Waals surface area contributed by atoms with Gasteiger partial charge < -0.3 is 24.1 Å². The normalized spacial score (nSPS) is 15.3. The number of amides is 1. The van der Waals surface area contributed by atoms with Crippen molar-refractivity contribution in [2.24, 2.45) is 0 Å². The molecule has 0 unspecified atom stereocenters. The Balaban J connectivity index is 1.53. The smallest absolute Gasteiger partial charge is 0.251 e. The number of fused-ring (bicyclic) bond motifs is 2. The zero-order valence-corrected chi connectivity index (χ0v) is 17.0. The summed E-state index contributed by atoms with van der Waals surface area (Å²) in [6, 6.07) is 11.8. The molecule has 1 N–H and O–H groups in total. The SMILES string of the molecule is COCCn1ccc2cc(C(=O)N[C@@H]3CCc4cc(OC)c(OC)cc43)ccc21. The number of rotatable bonds is 7. The number of nitrogens with zero attached hydrogens (tertiary/aromatic N) is 1. The second-order valence-electron chi connectivity index (χ2n) is 7.25. The topological polar surface area (TPSA) is 61.7 Å². The van der Waals surface area contributed by atoms with Crippen LogP contribution < -0.4 is 14.8 Å². The van der Waals surface area contributed by atoms with Crippen molar-refractivity contribution in [1.29, 1.82) is 0 Å². The number of benzene rings is 2. The zero-order chi connectivity index (χ0) is 20.4. The number of ether oxygens (including phenoxy) is 3. The van der Waals surface area contributed by atoms with Gasteiger partial charge in [0.05, 0.1) is 26.9 Å². The van der Waals surface area contributed by atoms with Crippen molar-refractivity contribution in [3.63, 3.8) is 0 Å². The third kappa shape index (κ3) is 3.68. The summed E-state index contributed by atoms with van der Waals surface area (Å²) in [4.78, 5) is 12.9. The van der Waals surface area contributed by atoms with E-state index >= 15 is 0 Å². The van der Waals surface area contributed by atoms with Crippen LogP contribution in [-0.4, -0.2) is 38.4 Å². The second-order valence-corrected chi connectivity index (χ2v) is 7.25. The lowest BCUT2D eigenvalue weighted by molar-refractivity contribution is 0.0937. The highest BCUT2D eigenvalue weighted by Crippen LogP contribution is 2.39. The molecule has 0 spiro atoms. The van der Waals surface area contributed by atoms with E-state index in [-0.39, 0.29) is 11.9 Å². The van der Waals surface area contributed by atoms with Crippen molar-refractivity contribution in [3.05, 3.63) is 59.3 Å². The third-order valence-electron chi connectivity index (χ3n) is 5.60. The van der Waals surface area contributed by atoms with Crippen LogP contribution in [0.1, 0.15) is 33.9 Å². The van der Waals surface area contributed by atoms with Crippen LogP contribution in [0.3, 0.4) is 0 Å². The molecule has 0 aliphatic heterocycles. The van der Waals surface area contributed by atoms with Crippen LogP contribution >= 0.6 is 0 Å². The van der Waals surface area contributed by atoms with Gasteiger partial charge >= 0.3 is 0 Å². The molecule has 152 valence electrons. The van der Waals surface area contributed by atoms with Crippen LogP contribution in [-0.2, 0) is 17.7 Å². The summed E-state index contributed by atoms with van der Waals surface area (Å²) in [7, 11) is 4.96. The fourth-order valence-electron chi connectivity index (χ4n) is 4.05. The minimum Gasteiger partial charge on any atom is -0.493 e. The summed E-state index contributed by atoms with van der Waals surface area (Å²) in [6.45, 7) is 1.44. The number of hydrogen-bond acceptors (Lipinski definition) is 4. The van der Waals surface area contributed by atoms with Crippen LogP contribution in [0.4, 0.5) is 0 Å². The van der Waals surface area contributed by atoms with E-state index in [1.165, 1.54) is 5.56 Å². The number of methoxy groups -OCH3 is 3. The molecule has 0 saturated heterocycles. The summed E-state index contributed by atoms with van der Waals surface area (Å²) in [5, 5.41) is 4.23. The average molecular weight is 394 g/mol. The molecule has 1 heterocycles. The first-order chi connectivity index (χ1) is 14.1. The van der Waals surface area contributed by atoms with E-state index in [9.17, 15) is 4.79 Å². The van der Waals surface area contributed by atoms with E-state index < -0.39 is 0 Å². The van der Waals surface area contributed by atoms with E-state index in [0.29, 0.717) is 17.9 Å². The lowest BCUT2D eigenvalue weighted by atomic mass is 10.1. The molecule has 6 nitrogen and oxygen atoms in total. The summed E-state index contributed by atoms with van der Waals surface area (Å²) in [5.41, 5.74) is 4.05. The van der Waals surface area contributed by atoms with Crippen LogP contribution in [0, 0.1) is 0 Å². The van der Waals surface area contributed by atoms with Crippen molar-refractivity contribution in [1.82, 2.24) is 9.88 Å². The minimum absolute atomic E-state index is 0.0284. The van der Waals surface area contributed by atoms with Crippen molar-refractivity contribution >= 4 is 16.8 Å². The first kappa shape index (κ1) is 19.3. The van der Waals surface area contributed by atoms with E-state index in [1.807, 2.05) is 42.6 Å². The van der Waals surface area contributed by atoms with E-state index in [2.05, 4.69) is 9.88 Å². The Morgan fingerprint density at radius 3 is 2.66 bits per heavy atom. The van der Waals surface area contributed by atoms with E-state index in [4.69, 9.17) is 14.2 Å². The maximum Gasteiger partial charge on any atom is 0.251 e. The van der Waals surface area contributed by atoms with Gasteiger partial charge in [-0.2, -0.15) is 0 Å². The molecule has 1 aliphatic carbocycles. The van der Waals surface area contributed by atoms with E-state index in [1.54, 1.807) is 21.3 Å². The molecular weight excluding hydrogens is 368 g/mol. The second kappa shape index (κ2) is 8.17. The average Bonchev–Trinajstić information content (AvgIpc) is 3.34. The Labute approximate surface area is 170 Å². The number of nitrogens with one attached hydrogen (secondary N) is 1. The lowest BCUT2D eigenvalue weighted by Gasteiger charge is -2.16. The highest BCUT2D eigenvalue weighted by atomic mass is 16.5. The number of aromatic nitrogens is 1. The first-order valence-corrected chi connectivity index (χ1v) is 9.78. The number of aryl methyl sites for hydroxylation is 1. The quantitative estimate of drug-likeness (QED) is 0.663. The van der Waals surface area contributed by atoms with Crippen molar-refractivity contribution in [2.75, 3.05) is 27.9 Å². The molecule has 3 aromatic rings. The molecule has 0 saturated carbocycles. The number of carbonyl (C=O) groups excluding carboxylic acids is 1. The van der Waals surface area contributed by atoms with Gasteiger partial charge in [0.25, 0.3) is 5.91 Å². The molecule has 1 amide bonds. The molecule has 4 rings (SSSR count). The molecule has 29 heavy (non-hydrogen) atoms. The maximum atomic E-state index is 12.9. The number of carbonyl (C=O) groups is 1. The van der Waals surface area contributed by atoms with Crippen LogP contribution in [0.2, 0.25) is 0 Å². The summed E-state index contributed by atoms with van der Waals surface area (Å²) in [5.74, 6) is 1.34. The molecule has 0 bridgehead atoms. The molecule has 1 aliphatic rings. The fourth-order valence-corrected chi connectivity index (χ4v) is 4.05. The van der Waals surface area contributed by atoms with Gasteiger partial charge in [0.1, 0.15) is 0 Å². The largest absolute Gasteiger partial charge is 0.493 e. The van der Waals surface area contributed by atoms with Crippen molar-refractivity contribution in [3.8, 4) is 11.5 Å². The highest BCUT2D eigenvalue weighted by Gasteiger charge is 2.26. The number of hydrogen-bond donors (Lipinski definition) is 1.